The van der Waals surface area contributed by atoms with Gasteiger partial charge < -0.3 is 24.5 Å². The Bertz CT molecular complexity index is 1650. The highest BCUT2D eigenvalue weighted by atomic mass is 32.2. The molecule has 452 valence electrons. The van der Waals surface area contributed by atoms with Crippen LogP contribution in [0.15, 0.2) is 0 Å². The predicted octanol–water partition coefficient (Wildman–Crippen LogP) is 4.24. The minimum absolute atomic E-state index is 0.150. The summed E-state index contributed by atoms with van der Waals surface area (Å²) >= 11 is 2.07. The molecule has 21 heteroatoms. The van der Waals surface area contributed by atoms with Crippen molar-refractivity contribution in [2.24, 2.45) is 0 Å². The third kappa shape index (κ3) is 31.7. The second-order valence-corrected chi connectivity index (χ2v) is 28.6. The number of likely N-dealkylation sites (tertiary alicyclic amines) is 1. The van der Waals surface area contributed by atoms with Crippen molar-refractivity contribution < 1.29 is 36.3 Å². The summed E-state index contributed by atoms with van der Waals surface area (Å²) < 4.78 is 51.1. The number of rotatable bonds is 9. The summed E-state index contributed by atoms with van der Waals surface area (Å²) in [7, 11) is -5.66. The molecule has 76 heavy (non-hydrogen) atoms. The topological polar surface area (TPSA) is 164 Å². The van der Waals surface area contributed by atoms with Gasteiger partial charge in [0.1, 0.15) is 6.61 Å². The summed E-state index contributed by atoms with van der Waals surface area (Å²) in [5, 5.41) is 8.66. The highest BCUT2D eigenvalue weighted by Crippen LogP contribution is 2.13. The van der Waals surface area contributed by atoms with E-state index in [0.717, 1.165) is 104 Å². The van der Waals surface area contributed by atoms with E-state index < -0.39 is 19.9 Å². The maximum Gasteiger partial charge on any atom is 0.248 e. The number of hydrogen-bond donors (Lipinski definition) is 1. The Morgan fingerprint density at radius 3 is 1.08 bits per heavy atom. The van der Waals surface area contributed by atoms with Crippen molar-refractivity contribution in [3.63, 3.8) is 0 Å². The molecule has 2 amide bonds. The predicted molar refractivity (Wildman–Crippen MR) is 320 cm³/mol. The van der Waals surface area contributed by atoms with Crippen molar-refractivity contribution in [3.8, 4) is 0 Å². The summed E-state index contributed by atoms with van der Waals surface area (Å²) in [6.45, 7) is 52.9. The van der Waals surface area contributed by atoms with Gasteiger partial charge in [0.05, 0.1) is 31.0 Å². The monoisotopic (exact) mass is 1140 g/mol. The average molecular weight is 1140 g/mol. The Kier molecular flexibility index (Phi) is 37.6. The van der Waals surface area contributed by atoms with Crippen LogP contribution < -0.4 is 0 Å². The Morgan fingerprint density at radius 1 is 0.461 bits per heavy atom. The first-order valence-electron chi connectivity index (χ1n) is 29.2. The Morgan fingerprint density at radius 2 is 0.776 bits per heavy atom. The molecule has 7 fully saturated rings. The van der Waals surface area contributed by atoms with Crippen molar-refractivity contribution in [1.29, 1.82) is 0 Å². The summed E-state index contributed by atoms with van der Waals surface area (Å²) in [6.07, 6.45) is 5.55. The number of piperazine rings is 3. The van der Waals surface area contributed by atoms with E-state index in [2.05, 4.69) is 143 Å². The van der Waals surface area contributed by atoms with Gasteiger partial charge in [0.15, 0.2) is 9.84 Å². The van der Waals surface area contributed by atoms with Crippen LogP contribution in [0.25, 0.3) is 0 Å². The number of sulfonamides is 1. The van der Waals surface area contributed by atoms with Crippen molar-refractivity contribution >= 4 is 43.4 Å². The molecule has 1 N–H and O–H groups in total. The van der Waals surface area contributed by atoms with E-state index in [9.17, 15) is 26.4 Å². The van der Waals surface area contributed by atoms with Gasteiger partial charge in [0, 0.05) is 179 Å². The number of carbonyl (C=O) groups excluding carboxylic acids is 2. The molecule has 0 atom stereocenters. The SMILES string of the molecule is CC(=O)N1CCN(C(C)C)CC1.CC(C)N1CCCCC1.CC(C)N1CCN(C(=O)CO)CC1.CC(C)N1CCN(S(C)(=O)=O)CC1.CC(C)N1CCOCC1.CC(C)N1CCS(=O)(=O)CC1.CC(C)N1CCSCC1. The molecule has 18 nitrogen and oxygen atoms in total. The maximum absolute atomic E-state index is 11.2. The molecular weight excluding hydrogens is 1020 g/mol. The minimum atomic E-state index is -2.97. The van der Waals surface area contributed by atoms with Gasteiger partial charge in [-0.05, 0) is 123 Å². The molecule has 0 radical (unpaired) electrons. The van der Waals surface area contributed by atoms with Gasteiger partial charge in [-0.3, -0.25) is 39.0 Å². The fraction of sp³-hybridized carbons (Fsp3) is 0.964. The van der Waals surface area contributed by atoms with Crippen molar-refractivity contribution in [3.05, 3.63) is 0 Å². The van der Waals surface area contributed by atoms with Gasteiger partial charge >= 0.3 is 0 Å². The highest BCUT2D eigenvalue weighted by Gasteiger charge is 2.26. The summed E-state index contributed by atoms with van der Waals surface area (Å²) in [5.74, 6) is 3.40. The number of aliphatic hydroxyl groups excluding tert-OH is 1. The number of amides is 2. The number of aliphatic hydroxyl groups is 1. The quantitative estimate of drug-likeness (QED) is 0.349. The van der Waals surface area contributed by atoms with Crippen LogP contribution in [-0.2, 0) is 34.2 Å². The van der Waals surface area contributed by atoms with Crippen LogP contribution in [0.5, 0.6) is 0 Å². The summed E-state index contributed by atoms with van der Waals surface area (Å²) in [5.41, 5.74) is 0. The van der Waals surface area contributed by atoms with Gasteiger partial charge in [0.25, 0.3) is 0 Å². The molecule has 0 aromatic carbocycles. The van der Waals surface area contributed by atoms with Crippen LogP contribution in [0.4, 0.5) is 0 Å². The fourth-order valence-corrected chi connectivity index (χ4v) is 12.5. The number of hydrogen-bond acceptors (Lipinski definition) is 16. The first kappa shape index (κ1) is 72.8. The van der Waals surface area contributed by atoms with Crippen LogP contribution in [-0.4, -0.2) is 304 Å². The second-order valence-electron chi connectivity index (χ2n) is 23.1. The summed E-state index contributed by atoms with van der Waals surface area (Å²) in [6, 6.07) is 4.36. The lowest BCUT2D eigenvalue weighted by atomic mass is 10.1. The van der Waals surface area contributed by atoms with Crippen LogP contribution >= 0.6 is 11.8 Å². The summed E-state index contributed by atoms with van der Waals surface area (Å²) in [4.78, 5) is 42.5. The number of sulfone groups is 1. The standard InChI is InChI=1S/C9H18N2O2.C9H18N2O.C8H18N2O2S.C8H17N.C7H15NO2S.C7H15NO.C7H15NS/c1-8(2)10-3-5-11(6-4-10)9(13)7-12;1-8(2)10-4-6-11(7-5-10)9(3)12;1-8(2)9-4-6-10(7-5-9)13(3,11)12;1-8(2)9-6-4-3-5-7-9;1-7(2)8-3-5-11(9,10)6-4-8;2*1-7(2)8-3-5-9-6-4-8/h8,12H,3-7H2,1-2H3;8H,4-7H2,1-3H3;8H,4-7H2,1-3H3;8H,3-7H2,1-2H3;7H,3-6H2,1-2H3;2*7H,3-6H2,1-2H3. The number of ether oxygens (including phenoxy) is 1. The smallest absolute Gasteiger partial charge is 0.248 e. The Labute approximate surface area is 471 Å². The zero-order valence-corrected chi connectivity index (χ0v) is 53.7. The molecule has 7 rings (SSSR count). The Balaban J connectivity index is 0.000000446. The van der Waals surface area contributed by atoms with Gasteiger partial charge in [-0.1, -0.05) is 6.42 Å². The molecular formula is C55H116N10O8S3. The van der Waals surface area contributed by atoms with E-state index in [0.29, 0.717) is 67.9 Å². The fourth-order valence-electron chi connectivity index (χ4n) is 9.56. The van der Waals surface area contributed by atoms with Crippen molar-refractivity contribution in [2.45, 2.75) is 165 Å². The van der Waals surface area contributed by atoms with Crippen LogP contribution in [0.2, 0.25) is 0 Å². The third-order valence-electron chi connectivity index (χ3n) is 15.3. The third-order valence-corrected chi connectivity index (χ3v) is 19.1. The molecule has 0 bridgehead atoms. The maximum atomic E-state index is 11.2. The first-order valence-corrected chi connectivity index (χ1v) is 34.1. The largest absolute Gasteiger partial charge is 0.387 e. The second kappa shape index (κ2) is 39.3. The van der Waals surface area contributed by atoms with E-state index in [4.69, 9.17) is 9.84 Å². The lowest BCUT2D eigenvalue weighted by Crippen LogP contribution is -2.51. The lowest BCUT2D eigenvalue weighted by molar-refractivity contribution is -0.136. The first-order chi connectivity index (χ1) is 35.6. The van der Waals surface area contributed by atoms with Crippen LogP contribution in [0, 0.1) is 0 Å². The number of piperidine rings is 1. The molecule has 7 saturated heterocycles. The van der Waals surface area contributed by atoms with E-state index in [1.807, 2.05) is 4.90 Å². The van der Waals surface area contributed by atoms with Crippen LogP contribution in [0.1, 0.15) is 123 Å². The molecule has 0 aromatic heterocycles. The molecule has 0 saturated carbocycles. The number of carbonyl (C=O) groups is 2. The molecule has 7 heterocycles. The normalized spacial score (nSPS) is 22.3. The molecule has 0 aliphatic carbocycles. The van der Waals surface area contributed by atoms with E-state index in [1.165, 1.54) is 63.2 Å². The van der Waals surface area contributed by atoms with Gasteiger partial charge in [-0.25, -0.2) is 16.8 Å². The van der Waals surface area contributed by atoms with E-state index in [-0.39, 0.29) is 18.4 Å². The van der Waals surface area contributed by atoms with Gasteiger partial charge in [0.2, 0.25) is 21.8 Å². The zero-order chi connectivity index (χ0) is 57.6. The average Bonchev–Trinajstić information content (AvgIpc) is 3.40. The van der Waals surface area contributed by atoms with E-state index in [1.54, 1.807) is 16.1 Å². The number of thioether (sulfide) groups is 1. The molecule has 0 unspecified atom stereocenters. The molecule has 0 aromatic rings. The number of nitrogens with zero attached hydrogens (tertiary/aromatic N) is 10. The molecule has 7 aliphatic rings. The minimum Gasteiger partial charge on any atom is -0.387 e. The Hall–Kier alpha value is -1.21. The molecule has 0 spiro atoms. The van der Waals surface area contributed by atoms with Gasteiger partial charge in [-0.15, -0.1) is 0 Å². The van der Waals surface area contributed by atoms with E-state index >= 15 is 0 Å². The van der Waals surface area contributed by atoms with Crippen molar-refractivity contribution in [2.75, 3.05) is 180 Å². The lowest BCUT2D eigenvalue weighted by Gasteiger charge is -2.36. The zero-order valence-electron chi connectivity index (χ0n) is 51.3. The highest BCUT2D eigenvalue weighted by molar-refractivity contribution is 7.99. The molecule has 7 aliphatic heterocycles. The number of morpholine rings is 1. The van der Waals surface area contributed by atoms with Crippen molar-refractivity contribution in [1.82, 2.24) is 48.4 Å². The van der Waals surface area contributed by atoms with Gasteiger partial charge in [-0.2, -0.15) is 16.1 Å². The van der Waals surface area contributed by atoms with Crippen LogP contribution in [0.3, 0.4) is 0 Å².